The number of aryl methyl sites for hydroxylation is 1. The number of carbonyl (C=O) groups excluding carboxylic acids is 1. The van der Waals surface area contributed by atoms with Gasteiger partial charge in [0.25, 0.3) is 0 Å². The normalized spacial score (nSPS) is 16.6. The van der Waals surface area contributed by atoms with Crippen molar-refractivity contribution in [3.05, 3.63) is 29.3 Å². The second-order valence-electron chi connectivity index (χ2n) is 5.19. The summed E-state index contributed by atoms with van der Waals surface area (Å²) in [5.41, 5.74) is 8.67. The van der Waals surface area contributed by atoms with Crippen LogP contribution in [0.4, 0.5) is 0 Å². The highest BCUT2D eigenvalue weighted by atomic mass is 35.5. The van der Waals surface area contributed by atoms with Gasteiger partial charge in [-0.25, -0.2) is 0 Å². The number of fused-ring (bicyclic) bond motifs is 1. The lowest BCUT2D eigenvalue weighted by molar-refractivity contribution is -0.143. The molecule has 0 amide bonds. The predicted octanol–water partition coefficient (Wildman–Crippen LogP) is 2.65. The highest BCUT2D eigenvalue weighted by Gasteiger charge is 2.15. The lowest BCUT2D eigenvalue weighted by Crippen LogP contribution is -2.27. The van der Waals surface area contributed by atoms with Crippen molar-refractivity contribution < 1.29 is 14.3 Å². The summed E-state index contributed by atoms with van der Waals surface area (Å²) in [6.07, 6.45) is 4.13. The molecule has 2 N–H and O–H groups in total. The first-order chi connectivity index (χ1) is 9.69. The van der Waals surface area contributed by atoms with Crippen LogP contribution in [-0.2, 0) is 22.4 Å². The SMILES string of the molecule is CCOC(=O)CCCOc1ccc2c(c1)CC(N)CC2.Cl. The fourth-order valence-electron chi connectivity index (χ4n) is 2.49. The topological polar surface area (TPSA) is 61.5 Å². The van der Waals surface area contributed by atoms with Gasteiger partial charge in [0, 0.05) is 12.5 Å². The Morgan fingerprint density at radius 3 is 2.95 bits per heavy atom. The maximum absolute atomic E-state index is 11.2. The number of nitrogens with two attached hydrogens (primary N) is 1. The largest absolute Gasteiger partial charge is 0.494 e. The average molecular weight is 314 g/mol. The van der Waals surface area contributed by atoms with Crippen molar-refractivity contribution in [1.29, 1.82) is 0 Å². The molecule has 1 aromatic carbocycles. The van der Waals surface area contributed by atoms with E-state index in [1.165, 1.54) is 11.1 Å². The molecule has 0 bridgehead atoms. The first kappa shape index (κ1) is 17.8. The molecule has 118 valence electrons. The Balaban J connectivity index is 0.00000220. The second kappa shape index (κ2) is 8.90. The molecule has 4 nitrogen and oxygen atoms in total. The van der Waals surface area contributed by atoms with Crippen molar-refractivity contribution >= 4 is 18.4 Å². The van der Waals surface area contributed by atoms with Crippen molar-refractivity contribution in [3.63, 3.8) is 0 Å². The van der Waals surface area contributed by atoms with Crippen LogP contribution in [0.5, 0.6) is 5.75 Å². The highest BCUT2D eigenvalue weighted by Crippen LogP contribution is 2.25. The Morgan fingerprint density at radius 1 is 1.38 bits per heavy atom. The van der Waals surface area contributed by atoms with Gasteiger partial charge in [-0.1, -0.05) is 6.07 Å². The molecule has 1 unspecified atom stereocenters. The first-order valence-electron chi connectivity index (χ1n) is 7.35. The van der Waals surface area contributed by atoms with E-state index in [0.29, 0.717) is 26.1 Å². The molecule has 0 aromatic heterocycles. The Bertz CT molecular complexity index is 465. The minimum absolute atomic E-state index is 0. The maximum atomic E-state index is 11.2. The monoisotopic (exact) mass is 313 g/mol. The molecule has 0 heterocycles. The van der Waals surface area contributed by atoms with Gasteiger partial charge < -0.3 is 15.2 Å². The van der Waals surface area contributed by atoms with Crippen LogP contribution in [0, 0.1) is 0 Å². The number of esters is 1. The number of hydrogen-bond donors (Lipinski definition) is 1. The van der Waals surface area contributed by atoms with Gasteiger partial charge in [-0.05, 0) is 55.9 Å². The highest BCUT2D eigenvalue weighted by molar-refractivity contribution is 5.85. The van der Waals surface area contributed by atoms with Gasteiger partial charge in [0.05, 0.1) is 13.2 Å². The van der Waals surface area contributed by atoms with Crippen LogP contribution in [0.25, 0.3) is 0 Å². The van der Waals surface area contributed by atoms with Gasteiger partial charge in [0.15, 0.2) is 0 Å². The molecular weight excluding hydrogens is 290 g/mol. The molecule has 1 aliphatic rings. The summed E-state index contributed by atoms with van der Waals surface area (Å²) in [5.74, 6) is 0.703. The molecule has 1 atom stereocenters. The summed E-state index contributed by atoms with van der Waals surface area (Å²) >= 11 is 0. The van der Waals surface area contributed by atoms with Crippen LogP contribution in [-0.4, -0.2) is 25.2 Å². The molecule has 0 radical (unpaired) electrons. The van der Waals surface area contributed by atoms with Crippen molar-refractivity contribution in [2.24, 2.45) is 5.73 Å². The fourth-order valence-corrected chi connectivity index (χ4v) is 2.49. The standard InChI is InChI=1S/C16H23NO3.ClH/c1-2-19-16(18)4-3-9-20-15-8-6-12-5-7-14(17)10-13(12)11-15;/h6,8,11,14H,2-5,7,9-10,17H2,1H3;1H. The van der Waals surface area contributed by atoms with Crippen LogP contribution >= 0.6 is 12.4 Å². The summed E-state index contributed by atoms with van der Waals surface area (Å²) < 4.78 is 10.6. The van der Waals surface area contributed by atoms with E-state index < -0.39 is 0 Å². The molecule has 5 heteroatoms. The molecule has 0 saturated carbocycles. The van der Waals surface area contributed by atoms with Crippen LogP contribution in [0.1, 0.15) is 37.3 Å². The average Bonchev–Trinajstić information content (AvgIpc) is 2.43. The third-order valence-corrected chi connectivity index (χ3v) is 3.54. The zero-order valence-corrected chi connectivity index (χ0v) is 13.3. The second-order valence-corrected chi connectivity index (χ2v) is 5.19. The molecule has 2 rings (SSSR count). The predicted molar refractivity (Wildman–Crippen MR) is 85.1 cm³/mol. The Hall–Kier alpha value is -1.26. The van der Waals surface area contributed by atoms with Gasteiger partial charge in [-0.3, -0.25) is 4.79 Å². The Kier molecular flexibility index (Phi) is 7.54. The quantitative estimate of drug-likeness (QED) is 0.648. The van der Waals surface area contributed by atoms with E-state index in [0.717, 1.165) is 25.0 Å². The molecule has 1 aliphatic carbocycles. The summed E-state index contributed by atoms with van der Waals surface area (Å²) in [6, 6.07) is 6.47. The van der Waals surface area contributed by atoms with Gasteiger partial charge in [-0.15, -0.1) is 12.4 Å². The summed E-state index contributed by atoms with van der Waals surface area (Å²) in [5, 5.41) is 0. The fraction of sp³-hybridized carbons (Fsp3) is 0.562. The number of rotatable bonds is 6. The smallest absolute Gasteiger partial charge is 0.305 e. The Morgan fingerprint density at radius 2 is 2.19 bits per heavy atom. The number of ether oxygens (including phenoxy) is 2. The lowest BCUT2D eigenvalue weighted by Gasteiger charge is -2.22. The molecule has 0 saturated heterocycles. The first-order valence-corrected chi connectivity index (χ1v) is 7.35. The summed E-state index contributed by atoms with van der Waals surface area (Å²) in [6.45, 7) is 2.78. The number of hydrogen-bond acceptors (Lipinski definition) is 4. The van der Waals surface area contributed by atoms with E-state index >= 15 is 0 Å². The maximum Gasteiger partial charge on any atom is 0.305 e. The van der Waals surface area contributed by atoms with Crippen molar-refractivity contribution in [1.82, 2.24) is 0 Å². The zero-order chi connectivity index (χ0) is 14.4. The minimum Gasteiger partial charge on any atom is -0.494 e. The van der Waals surface area contributed by atoms with Crippen LogP contribution in [0.15, 0.2) is 18.2 Å². The summed E-state index contributed by atoms with van der Waals surface area (Å²) in [4.78, 5) is 11.2. The van der Waals surface area contributed by atoms with E-state index in [4.69, 9.17) is 15.2 Å². The van der Waals surface area contributed by atoms with E-state index in [-0.39, 0.29) is 24.4 Å². The van der Waals surface area contributed by atoms with Crippen LogP contribution in [0.3, 0.4) is 0 Å². The van der Waals surface area contributed by atoms with E-state index in [2.05, 4.69) is 12.1 Å². The third kappa shape index (κ3) is 5.56. The number of halogens is 1. The van der Waals surface area contributed by atoms with Gasteiger partial charge in [-0.2, -0.15) is 0 Å². The molecule has 21 heavy (non-hydrogen) atoms. The molecule has 0 fully saturated rings. The van der Waals surface area contributed by atoms with Crippen molar-refractivity contribution in [2.75, 3.05) is 13.2 Å². The number of carbonyl (C=O) groups is 1. The molecular formula is C16H24ClNO3. The lowest BCUT2D eigenvalue weighted by atomic mass is 9.89. The zero-order valence-electron chi connectivity index (χ0n) is 12.5. The van der Waals surface area contributed by atoms with Crippen LogP contribution < -0.4 is 10.5 Å². The Labute approximate surface area is 132 Å². The molecule has 0 spiro atoms. The minimum atomic E-state index is -0.160. The third-order valence-electron chi connectivity index (χ3n) is 3.54. The molecule has 1 aromatic rings. The van der Waals surface area contributed by atoms with Crippen molar-refractivity contribution in [2.45, 2.75) is 45.1 Å². The van der Waals surface area contributed by atoms with E-state index in [1.54, 1.807) is 0 Å². The van der Waals surface area contributed by atoms with Crippen LogP contribution in [0.2, 0.25) is 0 Å². The van der Waals surface area contributed by atoms with Crippen molar-refractivity contribution in [3.8, 4) is 5.75 Å². The van der Waals surface area contributed by atoms with Gasteiger partial charge in [0.2, 0.25) is 0 Å². The van der Waals surface area contributed by atoms with E-state index in [1.807, 2.05) is 13.0 Å². The van der Waals surface area contributed by atoms with Gasteiger partial charge >= 0.3 is 5.97 Å². The van der Waals surface area contributed by atoms with Gasteiger partial charge in [0.1, 0.15) is 5.75 Å². The molecule has 0 aliphatic heterocycles. The number of benzene rings is 1. The summed E-state index contributed by atoms with van der Waals surface area (Å²) in [7, 11) is 0. The van der Waals surface area contributed by atoms with E-state index in [9.17, 15) is 4.79 Å².